The second kappa shape index (κ2) is 6.56. The summed E-state index contributed by atoms with van der Waals surface area (Å²) in [6.45, 7) is 7.40. The van der Waals surface area contributed by atoms with Crippen molar-refractivity contribution < 1.29 is 9.84 Å². The first-order chi connectivity index (χ1) is 8.85. The Morgan fingerprint density at radius 3 is 2.78 bits per heavy atom. The number of β-amino-alcohol motifs (C(OH)–C–C–N with tert-alkyl or cyclic N) is 1. The molecule has 0 bridgehead atoms. The van der Waals surface area contributed by atoms with Crippen molar-refractivity contribution in [3.8, 4) is 5.75 Å². The molecule has 100 valence electrons. The smallest absolute Gasteiger partial charge is 0.171 e. The van der Waals surface area contributed by atoms with Crippen molar-refractivity contribution >= 4 is 5.82 Å². The normalized spacial score (nSPS) is 16.9. The van der Waals surface area contributed by atoms with Gasteiger partial charge in [-0.25, -0.2) is 4.98 Å². The summed E-state index contributed by atoms with van der Waals surface area (Å²) in [6.07, 6.45) is 1.80. The van der Waals surface area contributed by atoms with Crippen molar-refractivity contribution in [2.75, 3.05) is 50.8 Å². The summed E-state index contributed by atoms with van der Waals surface area (Å²) in [5, 5.41) is 8.93. The molecule has 18 heavy (non-hydrogen) atoms. The molecule has 5 nitrogen and oxygen atoms in total. The van der Waals surface area contributed by atoms with E-state index in [4.69, 9.17) is 9.84 Å². The number of hydrogen-bond donors (Lipinski definition) is 1. The van der Waals surface area contributed by atoms with E-state index in [1.54, 1.807) is 6.20 Å². The second-order valence-electron chi connectivity index (χ2n) is 4.31. The Balaban J connectivity index is 2.00. The molecule has 1 N–H and O–H groups in total. The van der Waals surface area contributed by atoms with E-state index < -0.39 is 0 Å². The number of aliphatic hydroxyl groups excluding tert-OH is 1. The van der Waals surface area contributed by atoms with Crippen molar-refractivity contribution in [1.29, 1.82) is 0 Å². The van der Waals surface area contributed by atoms with Gasteiger partial charge in [-0.15, -0.1) is 0 Å². The van der Waals surface area contributed by atoms with E-state index in [-0.39, 0.29) is 6.61 Å². The number of aliphatic hydroxyl groups is 1. The largest absolute Gasteiger partial charge is 0.490 e. The fourth-order valence-corrected chi connectivity index (χ4v) is 2.21. The van der Waals surface area contributed by atoms with Crippen molar-refractivity contribution in [1.82, 2.24) is 9.88 Å². The van der Waals surface area contributed by atoms with E-state index >= 15 is 0 Å². The molecule has 0 unspecified atom stereocenters. The number of hydrogen-bond acceptors (Lipinski definition) is 5. The summed E-state index contributed by atoms with van der Waals surface area (Å²) in [4.78, 5) is 8.94. The van der Waals surface area contributed by atoms with Gasteiger partial charge < -0.3 is 14.7 Å². The van der Waals surface area contributed by atoms with Crippen LogP contribution in [0, 0.1) is 0 Å². The lowest BCUT2D eigenvalue weighted by Crippen LogP contribution is -2.47. The van der Waals surface area contributed by atoms with Crippen molar-refractivity contribution in [3.63, 3.8) is 0 Å². The van der Waals surface area contributed by atoms with Crippen LogP contribution in [0.4, 0.5) is 5.82 Å². The van der Waals surface area contributed by atoms with E-state index in [1.165, 1.54) is 0 Å². The van der Waals surface area contributed by atoms with Gasteiger partial charge in [0.2, 0.25) is 0 Å². The molecule has 1 aromatic rings. The number of nitrogens with zero attached hydrogens (tertiary/aromatic N) is 3. The molecule has 1 fully saturated rings. The van der Waals surface area contributed by atoms with Gasteiger partial charge in [0.1, 0.15) is 0 Å². The first kappa shape index (κ1) is 13.1. The maximum absolute atomic E-state index is 8.93. The number of rotatable bonds is 5. The summed E-state index contributed by atoms with van der Waals surface area (Å²) < 4.78 is 5.61. The Labute approximate surface area is 108 Å². The van der Waals surface area contributed by atoms with E-state index in [1.807, 2.05) is 19.1 Å². The van der Waals surface area contributed by atoms with E-state index in [0.29, 0.717) is 6.61 Å². The van der Waals surface area contributed by atoms with Gasteiger partial charge in [-0.05, 0) is 19.1 Å². The minimum atomic E-state index is 0.230. The molecule has 1 saturated heterocycles. The molecule has 1 aliphatic rings. The van der Waals surface area contributed by atoms with E-state index in [9.17, 15) is 0 Å². The zero-order valence-electron chi connectivity index (χ0n) is 10.9. The van der Waals surface area contributed by atoms with Crippen LogP contribution in [0.5, 0.6) is 5.75 Å². The highest BCUT2D eigenvalue weighted by atomic mass is 16.5. The summed E-state index contributed by atoms with van der Waals surface area (Å²) in [5.74, 6) is 1.79. The van der Waals surface area contributed by atoms with Gasteiger partial charge in [0.25, 0.3) is 0 Å². The molecular formula is C13H21N3O2. The maximum atomic E-state index is 8.93. The lowest BCUT2D eigenvalue weighted by Gasteiger charge is -2.35. The fourth-order valence-electron chi connectivity index (χ4n) is 2.21. The summed E-state index contributed by atoms with van der Waals surface area (Å²) in [5.41, 5.74) is 0. The van der Waals surface area contributed by atoms with Crippen molar-refractivity contribution in [2.24, 2.45) is 0 Å². The Bertz CT molecular complexity index is 365. The van der Waals surface area contributed by atoms with Crippen LogP contribution >= 0.6 is 0 Å². The Morgan fingerprint density at radius 1 is 1.33 bits per heavy atom. The third-order valence-corrected chi connectivity index (χ3v) is 3.14. The second-order valence-corrected chi connectivity index (χ2v) is 4.31. The van der Waals surface area contributed by atoms with Gasteiger partial charge in [-0.1, -0.05) is 0 Å². The molecule has 2 rings (SSSR count). The highest BCUT2D eigenvalue weighted by Gasteiger charge is 2.20. The molecule has 5 heteroatoms. The third-order valence-electron chi connectivity index (χ3n) is 3.14. The minimum absolute atomic E-state index is 0.230. The van der Waals surface area contributed by atoms with Crippen LogP contribution in [0.3, 0.4) is 0 Å². The summed E-state index contributed by atoms with van der Waals surface area (Å²) in [6, 6.07) is 3.86. The summed E-state index contributed by atoms with van der Waals surface area (Å²) in [7, 11) is 0. The zero-order chi connectivity index (χ0) is 12.8. The molecule has 0 amide bonds. The number of piperazine rings is 1. The predicted octanol–water partition coefficient (Wildman–Crippen LogP) is 0.595. The van der Waals surface area contributed by atoms with Gasteiger partial charge in [0, 0.05) is 38.9 Å². The minimum Gasteiger partial charge on any atom is -0.490 e. The molecule has 1 aromatic heterocycles. The maximum Gasteiger partial charge on any atom is 0.171 e. The number of pyridine rings is 1. The van der Waals surface area contributed by atoms with Crippen LogP contribution in [0.1, 0.15) is 6.92 Å². The van der Waals surface area contributed by atoms with E-state index in [0.717, 1.165) is 44.3 Å². The zero-order valence-corrected chi connectivity index (χ0v) is 10.9. The number of aromatic nitrogens is 1. The predicted molar refractivity (Wildman–Crippen MR) is 71.1 cm³/mol. The highest BCUT2D eigenvalue weighted by Crippen LogP contribution is 2.25. The van der Waals surface area contributed by atoms with Crippen LogP contribution in [0.25, 0.3) is 0 Å². The number of ether oxygens (including phenoxy) is 1. The first-order valence-corrected chi connectivity index (χ1v) is 6.51. The first-order valence-electron chi connectivity index (χ1n) is 6.51. The molecule has 0 aromatic carbocycles. The van der Waals surface area contributed by atoms with Crippen molar-refractivity contribution in [2.45, 2.75) is 6.92 Å². The molecule has 0 spiro atoms. The molecule has 0 atom stereocenters. The summed E-state index contributed by atoms with van der Waals surface area (Å²) >= 11 is 0. The SMILES string of the molecule is CCOc1cccnc1N1CCN(CCO)CC1. The molecule has 0 radical (unpaired) electrons. The molecule has 0 saturated carbocycles. The monoisotopic (exact) mass is 251 g/mol. The average molecular weight is 251 g/mol. The van der Waals surface area contributed by atoms with E-state index in [2.05, 4.69) is 14.8 Å². The lowest BCUT2D eigenvalue weighted by molar-refractivity contribution is 0.188. The molecule has 1 aliphatic heterocycles. The van der Waals surface area contributed by atoms with Crippen LogP contribution < -0.4 is 9.64 Å². The quantitative estimate of drug-likeness (QED) is 0.830. The Morgan fingerprint density at radius 2 is 2.11 bits per heavy atom. The molecule has 2 heterocycles. The lowest BCUT2D eigenvalue weighted by atomic mass is 10.3. The average Bonchev–Trinajstić information content (AvgIpc) is 2.41. The molecular weight excluding hydrogens is 230 g/mol. The van der Waals surface area contributed by atoms with Crippen molar-refractivity contribution in [3.05, 3.63) is 18.3 Å². The van der Waals surface area contributed by atoms with Gasteiger partial charge in [-0.2, -0.15) is 0 Å². The topological polar surface area (TPSA) is 48.8 Å². The highest BCUT2D eigenvalue weighted by molar-refractivity contribution is 5.52. The van der Waals surface area contributed by atoms with Gasteiger partial charge in [-0.3, -0.25) is 4.90 Å². The number of anilines is 1. The Hall–Kier alpha value is -1.33. The third kappa shape index (κ3) is 3.11. The van der Waals surface area contributed by atoms with Gasteiger partial charge in [0.15, 0.2) is 11.6 Å². The van der Waals surface area contributed by atoms with Crippen LogP contribution in [-0.4, -0.2) is 60.9 Å². The van der Waals surface area contributed by atoms with Gasteiger partial charge >= 0.3 is 0 Å². The van der Waals surface area contributed by atoms with Crippen LogP contribution in [0.2, 0.25) is 0 Å². The standard InChI is InChI=1S/C13H21N3O2/c1-2-18-12-4-3-5-14-13(12)16-8-6-15(7-9-16)10-11-17/h3-5,17H,2,6-11H2,1H3. The fraction of sp³-hybridized carbons (Fsp3) is 0.615. The van der Waals surface area contributed by atoms with Crippen LogP contribution in [0.15, 0.2) is 18.3 Å². The van der Waals surface area contributed by atoms with Gasteiger partial charge in [0.05, 0.1) is 13.2 Å². The van der Waals surface area contributed by atoms with Crippen LogP contribution in [-0.2, 0) is 0 Å². The Kier molecular flexibility index (Phi) is 4.78. The molecule has 0 aliphatic carbocycles.